The molecule has 0 radical (unpaired) electrons. The molecular formula is C12H16Cl2FN. The first kappa shape index (κ1) is 13.8. The number of nitrogens with one attached hydrogen (secondary N) is 1. The van der Waals surface area contributed by atoms with Crippen LogP contribution in [-0.2, 0) is 5.54 Å². The lowest BCUT2D eigenvalue weighted by Gasteiger charge is -2.37. The SMILES string of the molecule is CC1(c2cccc(Cl)c2)CC(F)CCN1.Cl. The molecule has 16 heavy (non-hydrogen) atoms. The highest BCUT2D eigenvalue weighted by atomic mass is 35.5. The largest absolute Gasteiger partial charge is 0.307 e. The molecule has 0 spiro atoms. The smallest absolute Gasteiger partial charge is 0.103 e. The van der Waals surface area contributed by atoms with Gasteiger partial charge < -0.3 is 5.32 Å². The predicted molar refractivity (Wildman–Crippen MR) is 68.2 cm³/mol. The molecule has 1 N–H and O–H groups in total. The van der Waals surface area contributed by atoms with Crippen molar-refractivity contribution in [1.82, 2.24) is 5.32 Å². The Morgan fingerprint density at radius 1 is 1.50 bits per heavy atom. The first-order chi connectivity index (χ1) is 7.10. The molecule has 4 heteroatoms. The molecule has 1 aromatic rings. The van der Waals surface area contributed by atoms with Crippen LogP contribution in [0.25, 0.3) is 0 Å². The van der Waals surface area contributed by atoms with Gasteiger partial charge in [-0.2, -0.15) is 0 Å². The van der Waals surface area contributed by atoms with Crippen molar-refractivity contribution >= 4 is 24.0 Å². The topological polar surface area (TPSA) is 12.0 Å². The van der Waals surface area contributed by atoms with Gasteiger partial charge >= 0.3 is 0 Å². The van der Waals surface area contributed by atoms with Crippen LogP contribution in [0.15, 0.2) is 24.3 Å². The predicted octanol–water partition coefficient (Wildman–Crippen LogP) is 3.70. The molecule has 0 saturated carbocycles. The number of rotatable bonds is 1. The van der Waals surface area contributed by atoms with Gasteiger partial charge in [0.15, 0.2) is 0 Å². The van der Waals surface area contributed by atoms with Gasteiger partial charge in [0.05, 0.1) is 0 Å². The van der Waals surface area contributed by atoms with E-state index in [1.54, 1.807) is 0 Å². The summed E-state index contributed by atoms with van der Waals surface area (Å²) in [4.78, 5) is 0. The van der Waals surface area contributed by atoms with E-state index in [4.69, 9.17) is 11.6 Å². The van der Waals surface area contributed by atoms with E-state index >= 15 is 0 Å². The molecule has 1 aliphatic rings. The Morgan fingerprint density at radius 3 is 2.88 bits per heavy atom. The van der Waals surface area contributed by atoms with Gasteiger partial charge in [0.1, 0.15) is 6.17 Å². The highest BCUT2D eigenvalue weighted by molar-refractivity contribution is 6.30. The standard InChI is InChI=1S/C12H15ClFN.ClH/c1-12(8-11(14)5-6-15-12)9-3-2-4-10(13)7-9;/h2-4,7,11,15H,5-6,8H2,1H3;1H. The number of halogens is 3. The average molecular weight is 264 g/mol. The molecule has 0 aromatic heterocycles. The Bertz CT molecular complexity index is 359. The number of alkyl halides is 1. The molecule has 1 saturated heterocycles. The van der Waals surface area contributed by atoms with Gasteiger partial charge in [-0.05, 0) is 37.6 Å². The van der Waals surface area contributed by atoms with Gasteiger partial charge in [-0.1, -0.05) is 23.7 Å². The zero-order valence-electron chi connectivity index (χ0n) is 9.17. The van der Waals surface area contributed by atoms with E-state index in [2.05, 4.69) is 5.32 Å². The maximum absolute atomic E-state index is 13.4. The van der Waals surface area contributed by atoms with Crippen molar-refractivity contribution in [2.75, 3.05) is 6.54 Å². The van der Waals surface area contributed by atoms with Crippen LogP contribution in [0.5, 0.6) is 0 Å². The van der Waals surface area contributed by atoms with E-state index in [0.29, 0.717) is 17.9 Å². The van der Waals surface area contributed by atoms with Crippen molar-refractivity contribution in [1.29, 1.82) is 0 Å². The van der Waals surface area contributed by atoms with E-state index < -0.39 is 6.17 Å². The summed E-state index contributed by atoms with van der Waals surface area (Å²) in [5.74, 6) is 0. The third kappa shape index (κ3) is 2.88. The molecule has 2 atom stereocenters. The third-order valence-corrected chi connectivity index (χ3v) is 3.30. The van der Waals surface area contributed by atoms with Gasteiger partial charge in [0.25, 0.3) is 0 Å². The van der Waals surface area contributed by atoms with Gasteiger partial charge in [0.2, 0.25) is 0 Å². The molecule has 2 unspecified atom stereocenters. The van der Waals surface area contributed by atoms with Crippen LogP contribution in [0.3, 0.4) is 0 Å². The van der Waals surface area contributed by atoms with E-state index in [-0.39, 0.29) is 17.9 Å². The fraction of sp³-hybridized carbons (Fsp3) is 0.500. The van der Waals surface area contributed by atoms with Crippen molar-refractivity contribution in [3.05, 3.63) is 34.9 Å². The van der Waals surface area contributed by atoms with Crippen molar-refractivity contribution in [3.63, 3.8) is 0 Å². The quantitative estimate of drug-likeness (QED) is 0.815. The number of hydrogen-bond acceptors (Lipinski definition) is 1. The monoisotopic (exact) mass is 263 g/mol. The first-order valence-corrected chi connectivity index (χ1v) is 5.63. The van der Waals surface area contributed by atoms with Crippen molar-refractivity contribution in [3.8, 4) is 0 Å². The lowest BCUT2D eigenvalue weighted by Crippen LogP contribution is -2.46. The maximum Gasteiger partial charge on any atom is 0.103 e. The van der Waals surface area contributed by atoms with E-state index in [1.807, 2.05) is 31.2 Å². The van der Waals surface area contributed by atoms with Crippen LogP contribution in [-0.4, -0.2) is 12.7 Å². The molecule has 0 bridgehead atoms. The normalized spacial score (nSPS) is 29.6. The second-order valence-electron chi connectivity index (χ2n) is 4.36. The fourth-order valence-corrected chi connectivity index (χ4v) is 2.36. The van der Waals surface area contributed by atoms with E-state index in [0.717, 1.165) is 12.1 Å². The molecule has 1 aliphatic heterocycles. The van der Waals surface area contributed by atoms with Gasteiger partial charge in [-0.25, -0.2) is 4.39 Å². The maximum atomic E-state index is 13.4. The van der Waals surface area contributed by atoms with Gasteiger partial charge in [0, 0.05) is 17.0 Å². The second-order valence-corrected chi connectivity index (χ2v) is 4.80. The number of benzene rings is 1. The minimum absolute atomic E-state index is 0. The Balaban J connectivity index is 0.00000128. The van der Waals surface area contributed by atoms with Crippen molar-refractivity contribution in [2.24, 2.45) is 0 Å². The van der Waals surface area contributed by atoms with Crippen LogP contribution in [0, 0.1) is 0 Å². The molecule has 0 aliphatic carbocycles. The summed E-state index contributed by atoms with van der Waals surface area (Å²) in [5.41, 5.74) is 0.792. The molecule has 1 heterocycles. The van der Waals surface area contributed by atoms with Crippen molar-refractivity contribution in [2.45, 2.75) is 31.5 Å². The zero-order valence-corrected chi connectivity index (χ0v) is 10.7. The van der Waals surface area contributed by atoms with Crippen LogP contribution < -0.4 is 5.32 Å². The van der Waals surface area contributed by atoms with Gasteiger partial charge in [-0.3, -0.25) is 0 Å². The summed E-state index contributed by atoms with van der Waals surface area (Å²) in [6.45, 7) is 2.76. The minimum atomic E-state index is -0.713. The molecular weight excluding hydrogens is 248 g/mol. The number of piperidine rings is 1. The Hall–Kier alpha value is -0.310. The van der Waals surface area contributed by atoms with Crippen LogP contribution in [0.1, 0.15) is 25.3 Å². The average Bonchev–Trinajstić information content (AvgIpc) is 2.17. The lowest BCUT2D eigenvalue weighted by atomic mass is 9.83. The summed E-state index contributed by atoms with van der Waals surface area (Å²) >= 11 is 5.94. The fourth-order valence-electron chi connectivity index (χ4n) is 2.17. The summed E-state index contributed by atoms with van der Waals surface area (Å²) in [6, 6.07) is 7.65. The van der Waals surface area contributed by atoms with Crippen LogP contribution >= 0.6 is 24.0 Å². The summed E-state index contributed by atoms with van der Waals surface area (Å²) in [7, 11) is 0. The van der Waals surface area contributed by atoms with E-state index in [9.17, 15) is 4.39 Å². The van der Waals surface area contributed by atoms with Gasteiger partial charge in [-0.15, -0.1) is 12.4 Å². The Kier molecular flexibility index (Phi) is 4.60. The summed E-state index contributed by atoms with van der Waals surface area (Å²) in [6.07, 6.45) is 0.416. The zero-order chi connectivity index (χ0) is 10.9. The molecule has 1 nitrogen and oxygen atoms in total. The second kappa shape index (κ2) is 5.35. The number of hydrogen-bond donors (Lipinski definition) is 1. The molecule has 2 rings (SSSR count). The molecule has 1 aromatic carbocycles. The Labute approximate surface area is 107 Å². The molecule has 0 amide bonds. The highest BCUT2D eigenvalue weighted by Crippen LogP contribution is 2.32. The third-order valence-electron chi connectivity index (χ3n) is 3.06. The molecule has 90 valence electrons. The lowest BCUT2D eigenvalue weighted by molar-refractivity contribution is 0.165. The summed E-state index contributed by atoms with van der Waals surface area (Å²) < 4.78 is 13.4. The Morgan fingerprint density at radius 2 is 2.25 bits per heavy atom. The van der Waals surface area contributed by atoms with Crippen LogP contribution in [0.4, 0.5) is 4.39 Å². The first-order valence-electron chi connectivity index (χ1n) is 5.25. The summed E-state index contributed by atoms with van der Waals surface area (Å²) in [5, 5.41) is 4.08. The van der Waals surface area contributed by atoms with Crippen LogP contribution in [0.2, 0.25) is 5.02 Å². The highest BCUT2D eigenvalue weighted by Gasteiger charge is 2.33. The van der Waals surface area contributed by atoms with E-state index in [1.165, 1.54) is 0 Å². The molecule has 1 fully saturated rings. The van der Waals surface area contributed by atoms with Crippen molar-refractivity contribution < 1.29 is 4.39 Å². The minimum Gasteiger partial charge on any atom is -0.307 e.